The maximum atomic E-state index is 5.52. The van der Waals surface area contributed by atoms with Crippen LogP contribution in [0.1, 0.15) is 27.2 Å². The van der Waals surface area contributed by atoms with Crippen LogP contribution in [0, 0.1) is 11.8 Å². The van der Waals surface area contributed by atoms with Crippen molar-refractivity contribution in [1.82, 2.24) is 0 Å². The van der Waals surface area contributed by atoms with E-state index in [-0.39, 0.29) is 0 Å². The fraction of sp³-hybridized carbons (Fsp3) is 1.00. The summed E-state index contributed by atoms with van der Waals surface area (Å²) in [5.74, 6) is 1.19. The maximum absolute atomic E-state index is 5.52. The van der Waals surface area contributed by atoms with Crippen molar-refractivity contribution in [3.05, 3.63) is 0 Å². The molecule has 12 heavy (non-hydrogen) atoms. The van der Waals surface area contributed by atoms with E-state index in [9.17, 15) is 0 Å². The molecule has 0 rings (SSSR count). The van der Waals surface area contributed by atoms with Crippen LogP contribution < -0.4 is 0 Å². The first-order chi connectivity index (χ1) is 5.70. The molecule has 2 heteroatoms. The average molecular weight is 174 g/mol. The van der Waals surface area contributed by atoms with Gasteiger partial charge in [-0.05, 0) is 5.92 Å². The molecule has 0 amide bonds. The van der Waals surface area contributed by atoms with E-state index in [4.69, 9.17) is 9.47 Å². The normalized spacial score (nSPS) is 16.0. The highest BCUT2D eigenvalue weighted by Gasteiger charge is 2.03. The van der Waals surface area contributed by atoms with Crippen LogP contribution in [-0.2, 0) is 9.47 Å². The quantitative estimate of drug-likeness (QED) is 0.589. The molecule has 2 unspecified atom stereocenters. The molecule has 0 aliphatic carbocycles. The van der Waals surface area contributed by atoms with Gasteiger partial charge in [0.2, 0.25) is 0 Å². The van der Waals surface area contributed by atoms with Crippen LogP contribution in [0.2, 0.25) is 0 Å². The minimum Gasteiger partial charge on any atom is -0.384 e. The van der Waals surface area contributed by atoms with Crippen LogP contribution >= 0.6 is 0 Å². The molecule has 0 fully saturated rings. The lowest BCUT2D eigenvalue weighted by molar-refractivity contribution is 0.0489. The Labute approximate surface area is 76.3 Å². The molecular weight excluding hydrogens is 152 g/mol. The molecule has 0 spiro atoms. The molecule has 74 valence electrons. The third-order valence-electron chi connectivity index (χ3n) is 1.95. The Hall–Kier alpha value is -0.0800. The molecular formula is C10H22O2. The van der Waals surface area contributed by atoms with Crippen LogP contribution in [0.3, 0.4) is 0 Å². The summed E-state index contributed by atoms with van der Waals surface area (Å²) in [5.41, 5.74) is 0. The lowest BCUT2D eigenvalue weighted by Gasteiger charge is -2.13. The van der Waals surface area contributed by atoms with E-state index in [2.05, 4.69) is 20.8 Å². The van der Waals surface area contributed by atoms with Gasteiger partial charge < -0.3 is 9.47 Å². The molecule has 0 radical (unpaired) electrons. The number of rotatable bonds is 7. The largest absolute Gasteiger partial charge is 0.384 e. The predicted molar refractivity (Wildman–Crippen MR) is 51.3 cm³/mol. The first-order valence-electron chi connectivity index (χ1n) is 4.77. The second-order valence-electron chi connectivity index (χ2n) is 3.61. The van der Waals surface area contributed by atoms with Gasteiger partial charge in [0.25, 0.3) is 0 Å². The summed E-state index contributed by atoms with van der Waals surface area (Å²) in [6.07, 6.45) is 1.19. The minimum absolute atomic E-state index is 0.513. The Morgan fingerprint density at radius 1 is 1.00 bits per heavy atom. The Morgan fingerprint density at radius 3 is 2.08 bits per heavy atom. The van der Waals surface area contributed by atoms with E-state index < -0.39 is 0 Å². The zero-order chi connectivity index (χ0) is 9.40. The van der Waals surface area contributed by atoms with E-state index >= 15 is 0 Å². The standard InChI is InChI=1S/C10H22O2/c1-5-9(2)7-12-8-10(3)6-11-4/h9-10H,5-8H2,1-4H3. The highest BCUT2D eigenvalue weighted by molar-refractivity contribution is 4.50. The van der Waals surface area contributed by atoms with Gasteiger partial charge >= 0.3 is 0 Å². The smallest absolute Gasteiger partial charge is 0.0513 e. The van der Waals surface area contributed by atoms with E-state index in [1.807, 2.05) is 0 Å². The Kier molecular flexibility index (Phi) is 7.51. The molecule has 0 aromatic heterocycles. The number of hydrogen-bond donors (Lipinski definition) is 0. The zero-order valence-electron chi connectivity index (χ0n) is 8.80. The predicted octanol–water partition coefficient (Wildman–Crippen LogP) is 2.33. The van der Waals surface area contributed by atoms with Crippen LogP contribution in [0.15, 0.2) is 0 Å². The van der Waals surface area contributed by atoms with Crippen molar-refractivity contribution in [2.75, 3.05) is 26.9 Å². The fourth-order valence-corrected chi connectivity index (χ4v) is 0.921. The van der Waals surface area contributed by atoms with E-state index in [0.717, 1.165) is 19.8 Å². The first kappa shape index (κ1) is 11.9. The highest BCUT2D eigenvalue weighted by atomic mass is 16.5. The van der Waals surface area contributed by atoms with Crippen molar-refractivity contribution < 1.29 is 9.47 Å². The number of ether oxygens (including phenoxy) is 2. The molecule has 0 aliphatic rings. The van der Waals surface area contributed by atoms with E-state index in [1.54, 1.807) is 7.11 Å². The van der Waals surface area contributed by atoms with Crippen molar-refractivity contribution in [3.8, 4) is 0 Å². The van der Waals surface area contributed by atoms with Crippen molar-refractivity contribution >= 4 is 0 Å². The van der Waals surface area contributed by atoms with Crippen molar-refractivity contribution in [2.45, 2.75) is 27.2 Å². The van der Waals surface area contributed by atoms with Gasteiger partial charge in [-0.15, -0.1) is 0 Å². The van der Waals surface area contributed by atoms with Gasteiger partial charge in [-0.2, -0.15) is 0 Å². The summed E-state index contributed by atoms with van der Waals surface area (Å²) in [5, 5.41) is 0. The summed E-state index contributed by atoms with van der Waals surface area (Å²) >= 11 is 0. The van der Waals surface area contributed by atoms with Crippen LogP contribution in [-0.4, -0.2) is 26.9 Å². The number of hydrogen-bond acceptors (Lipinski definition) is 2. The lowest BCUT2D eigenvalue weighted by Crippen LogP contribution is -2.14. The maximum Gasteiger partial charge on any atom is 0.0513 e. The lowest BCUT2D eigenvalue weighted by atomic mass is 10.1. The van der Waals surface area contributed by atoms with Gasteiger partial charge in [0.1, 0.15) is 0 Å². The van der Waals surface area contributed by atoms with Gasteiger partial charge in [-0.3, -0.25) is 0 Å². The van der Waals surface area contributed by atoms with Gasteiger partial charge in [-0.25, -0.2) is 0 Å². The molecule has 0 heterocycles. The van der Waals surface area contributed by atoms with Crippen molar-refractivity contribution in [3.63, 3.8) is 0 Å². The molecule has 2 nitrogen and oxygen atoms in total. The molecule has 0 N–H and O–H groups in total. The van der Waals surface area contributed by atoms with Gasteiger partial charge in [-0.1, -0.05) is 27.2 Å². The Bertz CT molecular complexity index is 93.8. The van der Waals surface area contributed by atoms with E-state index in [1.165, 1.54) is 6.42 Å². The van der Waals surface area contributed by atoms with Crippen LogP contribution in [0.5, 0.6) is 0 Å². The topological polar surface area (TPSA) is 18.5 Å². The Morgan fingerprint density at radius 2 is 1.58 bits per heavy atom. The van der Waals surface area contributed by atoms with Crippen LogP contribution in [0.25, 0.3) is 0 Å². The summed E-state index contributed by atoms with van der Waals surface area (Å²) in [7, 11) is 1.73. The summed E-state index contributed by atoms with van der Waals surface area (Å²) < 4.78 is 10.5. The molecule has 0 bridgehead atoms. The highest BCUT2D eigenvalue weighted by Crippen LogP contribution is 2.03. The van der Waals surface area contributed by atoms with Crippen molar-refractivity contribution in [1.29, 1.82) is 0 Å². The monoisotopic (exact) mass is 174 g/mol. The molecule has 0 saturated heterocycles. The third-order valence-corrected chi connectivity index (χ3v) is 1.95. The molecule has 0 aromatic carbocycles. The Balaban J connectivity index is 3.18. The van der Waals surface area contributed by atoms with Crippen molar-refractivity contribution in [2.24, 2.45) is 11.8 Å². The second-order valence-corrected chi connectivity index (χ2v) is 3.61. The average Bonchev–Trinajstić information content (AvgIpc) is 2.04. The zero-order valence-corrected chi connectivity index (χ0v) is 8.80. The molecule has 0 aliphatic heterocycles. The summed E-state index contributed by atoms with van der Waals surface area (Å²) in [4.78, 5) is 0. The van der Waals surface area contributed by atoms with Gasteiger partial charge in [0.05, 0.1) is 13.2 Å². The molecule has 0 aromatic rings. The van der Waals surface area contributed by atoms with Gasteiger partial charge in [0, 0.05) is 19.6 Å². The van der Waals surface area contributed by atoms with E-state index in [0.29, 0.717) is 11.8 Å². The second kappa shape index (κ2) is 7.56. The SMILES string of the molecule is CCC(C)COCC(C)COC. The van der Waals surface area contributed by atoms with Gasteiger partial charge in [0.15, 0.2) is 0 Å². The molecule has 0 saturated carbocycles. The number of methoxy groups -OCH3 is 1. The molecule has 2 atom stereocenters. The first-order valence-corrected chi connectivity index (χ1v) is 4.77. The summed E-state index contributed by atoms with van der Waals surface area (Å²) in [6, 6.07) is 0. The van der Waals surface area contributed by atoms with Crippen LogP contribution in [0.4, 0.5) is 0 Å². The third kappa shape index (κ3) is 6.62. The minimum atomic E-state index is 0.513. The summed E-state index contributed by atoms with van der Waals surface area (Å²) in [6.45, 7) is 9.02. The fourth-order valence-electron chi connectivity index (χ4n) is 0.921.